The number of aliphatic hydroxyl groups is 1. The van der Waals surface area contributed by atoms with Gasteiger partial charge >= 0.3 is 5.69 Å². The van der Waals surface area contributed by atoms with E-state index >= 15 is 0 Å². The fraction of sp³-hybridized carbons (Fsp3) is 0.500. The number of benzene rings is 1. The fourth-order valence-electron chi connectivity index (χ4n) is 5.65. The number of hydrogen-bond donors (Lipinski definition) is 1. The number of methoxy groups -OCH3 is 1. The Hall–Kier alpha value is -2.75. The van der Waals surface area contributed by atoms with Crippen LogP contribution < -0.4 is 10.4 Å². The minimum Gasteiger partial charge on any atom is -0.497 e. The van der Waals surface area contributed by atoms with Gasteiger partial charge in [0.1, 0.15) is 16.9 Å². The maximum atomic E-state index is 13.3. The Morgan fingerprint density at radius 2 is 2.03 bits per heavy atom. The molecule has 0 amide bonds. The average Bonchev–Trinajstić information content (AvgIpc) is 3.49. The van der Waals surface area contributed by atoms with Crippen LogP contribution in [0.3, 0.4) is 0 Å². The Labute approximate surface area is 208 Å². The Balaban J connectivity index is 1.51. The highest BCUT2D eigenvalue weighted by Crippen LogP contribution is 2.37. The van der Waals surface area contributed by atoms with Gasteiger partial charge in [-0.05, 0) is 60.4 Å². The van der Waals surface area contributed by atoms with E-state index in [0.717, 1.165) is 66.0 Å². The standard InChI is InChI=1S/C26H33N5O3S/c1-18(2)11-26(16-32)9-4-10-29(15-26)13-20-14-35-24-22(20)23-27-17-28-31(23)25(33)30(24)12-19-5-7-21(34-3)8-6-19/h5-8,14,17-18,32H,4,9-13,15-16H2,1-3H3. The largest absolute Gasteiger partial charge is 0.497 e. The molecule has 186 valence electrons. The molecule has 0 aliphatic carbocycles. The van der Waals surface area contributed by atoms with E-state index in [1.165, 1.54) is 10.8 Å². The summed E-state index contributed by atoms with van der Waals surface area (Å²) in [6, 6.07) is 7.78. The number of piperidine rings is 1. The fourth-order valence-corrected chi connectivity index (χ4v) is 6.71. The number of nitrogens with zero attached hydrogens (tertiary/aromatic N) is 5. The van der Waals surface area contributed by atoms with E-state index in [2.05, 4.69) is 34.2 Å². The minimum absolute atomic E-state index is 0.0428. The van der Waals surface area contributed by atoms with Crippen LogP contribution in [0.15, 0.2) is 40.8 Å². The molecular weight excluding hydrogens is 462 g/mol. The summed E-state index contributed by atoms with van der Waals surface area (Å²) in [6.45, 7) is 7.78. The van der Waals surface area contributed by atoms with Crippen molar-refractivity contribution < 1.29 is 9.84 Å². The number of aromatic nitrogens is 4. The van der Waals surface area contributed by atoms with Crippen molar-refractivity contribution in [2.24, 2.45) is 11.3 Å². The van der Waals surface area contributed by atoms with Crippen LogP contribution >= 0.6 is 11.3 Å². The van der Waals surface area contributed by atoms with Gasteiger partial charge in [-0.3, -0.25) is 9.47 Å². The molecule has 0 saturated carbocycles. The number of rotatable bonds is 8. The molecule has 1 unspecified atom stereocenters. The van der Waals surface area contributed by atoms with Crippen LogP contribution in [0, 0.1) is 11.3 Å². The molecule has 1 N–H and O–H groups in total. The first kappa shape index (κ1) is 24.0. The quantitative estimate of drug-likeness (QED) is 0.400. The predicted octanol–water partition coefficient (Wildman–Crippen LogP) is 3.78. The monoisotopic (exact) mass is 495 g/mol. The summed E-state index contributed by atoms with van der Waals surface area (Å²) in [7, 11) is 1.64. The van der Waals surface area contributed by atoms with Crippen LogP contribution in [0.2, 0.25) is 0 Å². The maximum Gasteiger partial charge on any atom is 0.352 e. The molecule has 1 aliphatic heterocycles. The summed E-state index contributed by atoms with van der Waals surface area (Å²) in [6.07, 6.45) is 4.63. The van der Waals surface area contributed by atoms with E-state index in [1.54, 1.807) is 23.0 Å². The molecule has 0 bridgehead atoms. The molecule has 1 atom stereocenters. The van der Waals surface area contributed by atoms with Gasteiger partial charge in [0.15, 0.2) is 5.65 Å². The van der Waals surface area contributed by atoms with Crippen LogP contribution in [0.4, 0.5) is 0 Å². The molecule has 3 aromatic heterocycles. The van der Waals surface area contributed by atoms with E-state index in [-0.39, 0.29) is 17.7 Å². The third kappa shape index (κ3) is 4.60. The Kier molecular flexibility index (Phi) is 6.65. The molecule has 1 fully saturated rings. The summed E-state index contributed by atoms with van der Waals surface area (Å²) >= 11 is 1.59. The highest BCUT2D eigenvalue weighted by Gasteiger charge is 2.35. The van der Waals surface area contributed by atoms with Crippen LogP contribution in [0.25, 0.3) is 15.9 Å². The van der Waals surface area contributed by atoms with Crippen molar-refractivity contribution >= 4 is 27.2 Å². The Morgan fingerprint density at radius 3 is 2.74 bits per heavy atom. The highest BCUT2D eigenvalue weighted by atomic mass is 32.1. The van der Waals surface area contributed by atoms with Gasteiger partial charge in [-0.15, -0.1) is 11.3 Å². The van der Waals surface area contributed by atoms with E-state index < -0.39 is 0 Å². The van der Waals surface area contributed by atoms with Crippen molar-refractivity contribution in [3.05, 3.63) is 57.6 Å². The molecule has 5 rings (SSSR count). The third-order valence-corrected chi connectivity index (χ3v) is 8.14. The molecule has 35 heavy (non-hydrogen) atoms. The minimum atomic E-state index is -0.191. The molecular formula is C26H33N5O3S. The van der Waals surface area contributed by atoms with Crippen LogP contribution in [0.5, 0.6) is 5.75 Å². The number of ether oxygens (including phenoxy) is 1. The Morgan fingerprint density at radius 1 is 1.23 bits per heavy atom. The van der Waals surface area contributed by atoms with Gasteiger partial charge in [0.05, 0.1) is 19.0 Å². The summed E-state index contributed by atoms with van der Waals surface area (Å²) < 4.78 is 8.47. The van der Waals surface area contributed by atoms with Crippen LogP contribution in [0.1, 0.15) is 44.2 Å². The van der Waals surface area contributed by atoms with E-state index in [9.17, 15) is 9.90 Å². The van der Waals surface area contributed by atoms with Gasteiger partial charge in [0.2, 0.25) is 0 Å². The number of thiophene rings is 1. The highest BCUT2D eigenvalue weighted by molar-refractivity contribution is 7.17. The van der Waals surface area contributed by atoms with Crippen molar-refractivity contribution in [1.82, 2.24) is 24.1 Å². The van der Waals surface area contributed by atoms with Crippen LogP contribution in [-0.2, 0) is 13.1 Å². The zero-order valence-electron chi connectivity index (χ0n) is 20.6. The van der Waals surface area contributed by atoms with Gasteiger partial charge in [0, 0.05) is 25.1 Å². The second kappa shape index (κ2) is 9.72. The molecule has 1 saturated heterocycles. The molecule has 0 radical (unpaired) electrons. The summed E-state index contributed by atoms with van der Waals surface area (Å²) in [5, 5.41) is 17.7. The van der Waals surface area contributed by atoms with Gasteiger partial charge in [-0.1, -0.05) is 26.0 Å². The molecule has 4 aromatic rings. The van der Waals surface area contributed by atoms with Gasteiger partial charge in [0.25, 0.3) is 0 Å². The smallest absolute Gasteiger partial charge is 0.352 e. The molecule has 8 nitrogen and oxygen atoms in total. The topological polar surface area (TPSA) is 84.9 Å². The van der Waals surface area contributed by atoms with Crippen molar-refractivity contribution in [3.8, 4) is 5.75 Å². The number of aliphatic hydroxyl groups excluding tert-OH is 1. The van der Waals surface area contributed by atoms with E-state index in [1.807, 2.05) is 24.3 Å². The normalized spacial score (nSPS) is 19.2. The maximum absolute atomic E-state index is 13.3. The molecule has 1 aliphatic rings. The van der Waals surface area contributed by atoms with Gasteiger partial charge in [-0.25, -0.2) is 9.78 Å². The number of likely N-dealkylation sites (tertiary alicyclic amines) is 1. The summed E-state index contributed by atoms with van der Waals surface area (Å²) in [4.78, 5) is 21.1. The molecule has 9 heteroatoms. The van der Waals surface area contributed by atoms with Crippen molar-refractivity contribution in [3.63, 3.8) is 0 Å². The number of fused-ring (bicyclic) bond motifs is 3. The average molecular weight is 496 g/mol. The SMILES string of the molecule is COc1ccc(Cn2c(=O)n3ncnc3c3c(CN4CCCC(CO)(CC(C)C)C4)csc32)cc1. The predicted molar refractivity (Wildman–Crippen MR) is 138 cm³/mol. The lowest BCUT2D eigenvalue weighted by molar-refractivity contribution is 0.0135. The summed E-state index contributed by atoms with van der Waals surface area (Å²) in [5.74, 6) is 1.33. The first-order valence-electron chi connectivity index (χ1n) is 12.2. The zero-order chi connectivity index (χ0) is 24.6. The number of hydrogen-bond acceptors (Lipinski definition) is 7. The molecule has 0 spiro atoms. The van der Waals surface area contributed by atoms with Gasteiger partial charge in [-0.2, -0.15) is 9.61 Å². The molecule has 1 aromatic carbocycles. The molecule has 4 heterocycles. The van der Waals surface area contributed by atoms with E-state index in [4.69, 9.17) is 4.74 Å². The lowest BCUT2D eigenvalue weighted by Crippen LogP contribution is -2.45. The van der Waals surface area contributed by atoms with Crippen molar-refractivity contribution in [2.75, 3.05) is 26.8 Å². The second-order valence-corrected chi connectivity index (χ2v) is 11.1. The van der Waals surface area contributed by atoms with Gasteiger partial charge < -0.3 is 9.84 Å². The lowest BCUT2D eigenvalue weighted by Gasteiger charge is -2.43. The van der Waals surface area contributed by atoms with Crippen molar-refractivity contribution in [1.29, 1.82) is 0 Å². The third-order valence-electron chi connectivity index (χ3n) is 7.09. The Bertz CT molecular complexity index is 1370. The van der Waals surface area contributed by atoms with Crippen molar-refractivity contribution in [2.45, 2.75) is 46.2 Å². The zero-order valence-corrected chi connectivity index (χ0v) is 21.4. The lowest BCUT2D eigenvalue weighted by atomic mass is 9.74. The second-order valence-electron chi connectivity index (χ2n) is 10.2. The summed E-state index contributed by atoms with van der Waals surface area (Å²) in [5.41, 5.74) is 2.55. The van der Waals surface area contributed by atoms with E-state index in [0.29, 0.717) is 18.1 Å². The first-order valence-corrected chi connectivity index (χ1v) is 13.1. The first-order chi connectivity index (χ1) is 16.9. The van der Waals surface area contributed by atoms with Crippen LogP contribution in [-0.4, -0.2) is 56.0 Å².